The highest BCUT2D eigenvalue weighted by Crippen LogP contribution is 2.25. The first kappa shape index (κ1) is 17.4. The molecular weight excluding hydrogens is 320 g/mol. The number of hydrogen-bond acceptors (Lipinski definition) is 6. The first-order valence-electron chi connectivity index (χ1n) is 6.98. The molecule has 124 valence electrons. The summed E-state index contributed by atoms with van der Waals surface area (Å²) in [4.78, 5) is 20.2. The Balaban J connectivity index is 2.44. The minimum absolute atomic E-state index is 0.147. The van der Waals surface area contributed by atoms with E-state index in [-0.39, 0.29) is 11.3 Å². The Hall–Kier alpha value is -1.96. The number of aromatic nitrogens is 3. The van der Waals surface area contributed by atoms with E-state index in [2.05, 4.69) is 9.97 Å². The molecule has 2 heterocycles. The highest BCUT2D eigenvalue weighted by molar-refractivity contribution is 6.28. The first-order valence-corrected chi connectivity index (χ1v) is 7.36. The summed E-state index contributed by atoms with van der Waals surface area (Å²) < 4.78 is 11.6. The smallest absolute Gasteiger partial charge is 0.354 e. The molecule has 0 aliphatic heterocycles. The predicted octanol–water partition coefficient (Wildman–Crippen LogP) is 1.67. The molecule has 0 aromatic carbocycles. The maximum absolute atomic E-state index is 12.0. The van der Waals surface area contributed by atoms with Crippen molar-refractivity contribution in [3.63, 3.8) is 0 Å². The zero-order valence-electron chi connectivity index (χ0n) is 13.2. The second kappa shape index (κ2) is 7.54. The molecule has 1 atom stereocenters. The summed E-state index contributed by atoms with van der Waals surface area (Å²) in [6, 6.07) is 1.45. The van der Waals surface area contributed by atoms with Gasteiger partial charge in [-0.15, -0.1) is 0 Å². The topological polar surface area (TPSA) is 92.3 Å². The Morgan fingerprint density at radius 1 is 1.48 bits per heavy atom. The summed E-state index contributed by atoms with van der Waals surface area (Å²) in [6.45, 7) is 2.67. The van der Waals surface area contributed by atoms with Crippen molar-refractivity contribution in [3.8, 4) is 11.3 Å². The molecule has 0 spiro atoms. The van der Waals surface area contributed by atoms with Gasteiger partial charge in [0.05, 0.1) is 19.4 Å². The average molecular weight is 339 g/mol. The number of halogens is 1. The van der Waals surface area contributed by atoms with Crippen LogP contribution in [0.2, 0.25) is 5.28 Å². The Labute approximate surface area is 139 Å². The van der Waals surface area contributed by atoms with Crippen molar-refractivity contribution in [2.75, 3.05) is 20.8 Å². The van der Waals surface area contributed by atoms with Crippen LogP contribution in [0, 0.1) is 6.92 Å². The van der Waals surface area contributed by atoms with E-state index in [0.29, 0.717) is 24.5 Å². The molecule has 0 radical (unpaired) electrons. The molecular formula is C15H19ClN4O3. The fourth-order valence-corrected chi connectivity index (χ4v) is 2.43. The lowest BCUT2D eigenvalue weighted by molar-refractivity contribution is 0.0587. The maximum Gasteiger partial charge on any atom is 0.354 e. The normalized spacial score (nSPS) is 12.2. The lowest BCUT2D eigenvalue weighted by atomic mass is 10.1. The summed E-state index contributed by atoms with van der Waals surface area (Å²) in [5, 5.41) is 0.147. The number of hydrogen-bond donors (Lipinski definition) is 1. The molecule has 0 amide bonds. The zero-order valence-corrected chi connectivity index (χ0v) is 14.0. The number of aryl methyl sites for hydroxylation is 1. The molecule has 2 rings (SSSR count). The molecule has 23 heavy (non-hydrogen) atoms. The molecule has 8 heteroatoms. The van der Waals surface area contributed by atoms with Gasteiger partial charge in [0.1, 0.15) is 5.69 Å². The van der Waals surface area contributed by atoms with Gasteiger partial charge in [0, 0.05) is 37.7 Å². The van der Waals surface area contributed by atoms with Crippen molar-refractivity contribution < 1.29 is 14.3 Å². The van der Waals surface area contributed by atoms with Crippen molar-refractivity contribution in [1.29, 1.82) is 0 Å². The molecule has 0 fully saturated rings. The highest BCUT2D eigenvalue weighted by atomic mass is 35.5. The molecule has 0 saturated heterocycles. The van der Waals surface area contributed by atoms with Gasteiger partial charge in [-0.05, 0) is 30.2 Å². The van der Waals surface area contributed by atoms with Crippen LogP contribution in [0.15, 0.2) is 18.5 Å². The van der Waals surface area contributed by atoms with Crippen LogP contribution < -0.4 is 5.73 Å². The number of esters is 1. The third-order valence-electron chi connectivity index (χ3n) is 3.32. The predicted molar refractivity (Wildman–Crippen MR) is 86.4 cm³/mol. The van der Waals surface area contributed by atoms with E-state index in [4.69, 9.17) is 26.8 Å². The van der Waals surface area contributed by atoms with Gasteiger partial charge in [0.15, 0.2) is 0 Å². The highest BCUT2D eigenvalue weighted by Gasteiger charge is 2.18. The van der Waals surface area contributed by atoms with Crippen molar-refractivity contribution in [2.45, 2.75) is 19.5 Å². The number of carbonyl (C=O) groups excluding carboxylic acids is 1. The van der Waals surface area contributed by atoms with E-state index in [1.165, 1.54) is 7.11 Å². The van der Waals surface area contributed by atoms with E-state index >= 15 is 0 Å². The van der Waals surface area contributed by atoms with Crippen LogP contribution in [0.4, 0.5) is 0 Å². The third kappa shape index (κ3) is 4.07. The van der Waals surface area contributed by atoms with E-state index in [1.54, 1.807) is 30.1 Å². The van der Waals surface area contributed by atoms with Crippen molar-refractivity contribution in [1.82, 2.24) is 14.5 Å². The number of carbonyl (C=O) groups is 1. The summed E-state index contributed by atoms with van der Waals surface area (Å²) in [7, 11) is 2.91. The lowest BCUT2D eigenvalue weighted by Crippen LogP contribution is -2.31. The number of methoxy groups -OCH3 is 2. The summed E-state index contributed by atoms with van der Waals surface area (Å²) in [5.41, 5.74) is 8.64. The van der Waals surface area contributed by atoms with Crippen LogP contribution in [0.3, 0.4) is 0 Å². The Bertz CT molecular complexity index is 702. The largest absolute Gasteiger partial charge is 0.464 e. The Kier molecular flexibility index (Phi) is 5.70. The monoisotopic (exact) mass is 338 g/mol. The number of rotatable bonds is 6. The fraction of sp³-hybridized carbons (Fsp3) is 0.400. The van der Waals surface area contributed by atoms with Crippen LogP contribution in [0.5, 0.6) is 0 Å². The van der Waals surface area contributed by atoms with Gasteiger partial charge in [-0.3, -0.25) is 0 Å². The zero-order chi connectivity index (χ0) is 17.0. The standard InChI is InChI=1S/C15H19ClN4O3/c1-9-5-18-15(16)19-13(9)10-4-12(14(21)23-3)20(6-10)7-11(17)8-22-2/h4-6,11H,7-8,17H2,1-3H3/t11-/m1/s1. The van der Waals surface area contributed by atoms with Crippen LogP contribution >= 0.6 is 11.6 Å². The van der Waals surface area contributed by atoms with Gasteiger partial charge < -0.3 is 19.8 Å². The van der Waals surface area contributed by atoms with Gasteiger partial charge in [-0.1, -0.05) is 0 Å². The molecule has 0 unspecified atom stereocenters. The summed E-state index contributed by atoms with van der Waals surface area (Å²) in [6.07, 6.45) is 3.43. The van der Waals surface area contributed by atoms with Crippen LogP contribution in [-0.4, -0.2) is 47.4 Å². The average Bonchev–Trinajstić information content (AvgIpc) is 2.92. The number of nitrogens with zero attached hydrogens (tertiary/aromatic N) is 3. The molecule has 7 nitrogen and oxygen atoms in total. The second-order valence-electron chi connectivity index (χ2n) is 5.14. The van der Waals surface area contributed by atoms with Crippen molar-refractivity contribution >= 4 is 17.6 Å². The molecule has 2 aromatic rings. The van der Waals surface area contributed by atoms with E-state index in [1.807, 2.05) is 6.92 Å². The Morgan fingerprint density at radius 2 is 2.22 bits per heavy atom. The van der Waals surface area contributed by atoms with Crippen molar-refractivity contribution in [3.05, 3.63) is 35.0 Å². The van der Waals surface area contributed by atoms with Gasteiger partial charge in [-0.25, -0.2) is 14.8 Å². The van der Waals surface area contributed by atoms with Crippen LogP contribution in [0.1, 0.15) is 16.1 Å². The minimum atomic E-state index is -0.446. The van der Waals surface area contributed by atoms with Gasteiger partial charge in [0.2, 0.25) is 5.28 Å². The molecule has 2 aromatic heterocycles. The van der Waals surface area contributed by atoms with E-state index in [0.717, 1.165) is 11.1 Å². The third-order valence-corrected chi connectivity index (χ3v) is 3.50. The van der Waals surface area contributed by atoms with Crippen LogP contribution in [-0.2, 0) is 16.0 Å². The number of ether oxygens (including phenoxy) is 2. The molecule has 0 aliphatic carbocycles. The van der Waals surface area contributed by atoms with Gasteiger partial charge in [0.25, 0.3) is 0 Å². The summed E-state index contributed by atoms with van der Waals surface area (Å²) in [5.74, 6) is -0.446. The Morgan fingerprint density at radius 3 is 2.87 bits per heavy atom. The quantitative estimate of drug-likeness (QED) is 0.636. The lowest BCUT2D eigenvalue weighted by Gasteiger charge is -2.13. The van der Waals surface area contributed by atoms with Gasteiger partial charge >= 0.3 is 5.97 Å². The maximum atomic E-state index is 12.0. The SMILES string of the molecule is COC[C@H](N)Cn1cc(-c2nc(Cl)ncc2C)cc1C(=O)OC. The fourth-order valence-electron chi connectivity index (χ4n) is 2.30. The van der Waals surface area contributed by atoms with E-state index < -0.39 is 5.97 Å². The number of nitrogens with two attached hydrogens (primary N) is 1. The first-order chi connectivity index (χ1) is 11.0. The van der Waals surface area contributed by atoms with Gasteiger partial charge in [-0.2, -0.15) is 0 Å². The molecule has 0 saturated carbocycles. The summed E-state index contributed by atoms with van der Waals surface area (Å²) >= 11 is 5.87. The molecule has 0 bridgehead atoms. The van der Waals surface area contributed by atoms with E-state index in [9.17, 15) is 4.79 Å². The van der Waals surface area contributed by atoms with Crippen LogP contribution in [0.25, 0.3) is 11.3 Å². The molecule has 2 N–H and O–H groups in total. The molecule has 0 aliphatic rings. The minimum Gasteiger partial charge on any atom is -0.464 e. The van der Waals surface area contributed by atoms with Crippen molar-refractivity contribution in [2.24, 2.45) is 5.73 Å². The second-order valence-corrected chi connectivity index (χ2v) is 5.48.